The molecule has 0 bridgehead atoms. The van der Waals surface area contributed by atoms with Crippen molar-refractivity contribution >= 4 is 5.78 Å². The number of nitrogens with one attached hydrogen (secondary N) is 1. The zero-order valence-corrected chi connectivity index (χ0v) is 5.27. The lowest BCUT2D eigenvalue weighted by Gasteiger charge is -2.15. The van der Waals surface area contributed by atoms with Crippen LogP contribution in [-0.2, 0) is 4.79 Å². The van der Waals surface area contributed by atoms with E-state index in [0.29, 0.717) is 12.1 Å². The van der Waals surface area contributed by atoms with E-state index < -0.39 is 0 Å². The molecule has 1 atom stereocenters. The highest BCUT2D eigenvalue weighted by molar-refractivity contribution is 5.86. The number of nitrogens with two attached hydrogens (primary N) is 1. The molecule has 1 radical (unpaired) electrons. The third kappa shape index (κ3) is 1.22. The SMILES string of the molecule is CC1N[C]=C(N)CC1=O. The van der Waals surface area contributed by atoms with Gasteiger partial charge in [0.05, 0.1) is 18.7 Å². The van der Waals surface area contributed by atoms with Crippen molar-refractivity contribution in [3.63, 3.8) is 0 Å². The molecule has 0 saturated carbocycles. The standard InChI is InChI=1S/C6H9N2O/c1-4-6(9)2-5(7)3-8-4/h4,8H,2,7H2,1H3. The van der Waals surface area contributed by atoms with Crippen LogP contribution in [0.2, 0.25) is 0 Å². The van der Waals surface area contributed by atoms with Crippen LogP contribution in [0.15, 0.2) is 5.70 Å². The van der Waals surface area contributed by atoms with Crippen molar-refractivity contribution in [2.45, 2.75) is 19.4 Å². The Balaban J connectivity index is 2.65. The summed E-state index contributed by atoms with van der Waals surface area (Å²) in [6.45, 7) is 1.79. The van der Waals surface area contributed by atoms with E-state index in [1.807, 2.05) is 0 Å². The molecule has 1 unspecified atom stereocenters. The summed E-state index contributed by atoms with van der Waals surface area (Å²) in [5.41, 5.74) is 5.81. The predicted molar refractivity (Wildman–Crippen MR) is 33.2 cm³/mol. The van der Waals surface area contributed by atoms with Crippen LogP contribution in [0, 0.1) is 6.20 Å². The summed E-state index contributed by atoms with van der Waals surface area (Å²) in [6.07, 6.45) is 3.03. The van der Waals surface area contributed by atoms with Crippen LogP contribution >= 0.6 is 0 Å². The van der Waals surface area contributed by atoms with Crippen LogP contribution in [0.3, 0.4) is 0 Å². The average Bonchev–Trinajstić information content (AvgIpc) is 1.80. The van der Waals surface area contributed by atoms with Crippen molar-refractivity contribution < 1.29 is 4.79 Å². The first-order valence-electron chi connectivity index (χ1n) is 2.85. The van der Waals surface area contributed by atoms with E-state index in [1.165, 1.54) is 0 Å². The van der Waals surface area contributed by atoms with E-state index in [2.05, 4.69) is 11.5 Å². The number of ketones is 1. The van der Waals surface area contributed by atoms with Gasteiger partial charge in [-0.1, -0.05) is 0 Å². The number of Topliss-reactive ketones (excluding diaryl/α,β-unsaturated/α-hetero) is 1. The lowest BCUT2D eigenvalue weighted by molar-refractivity contribution is -0.120. The second kappa shape index (κ2) is 2.09. The zero-order valence-electron chi connectivity index (χ0n) is 5.27. The Morgan fingerprint density at radius 1 is 1.89 bits per heavy atom. The highest BCUT2D eigenvalue weighted by Crippen LogP contribution is 2.01. The minimum Gasteiger partial charge on any atom is -0.400 e. The largest absolute Gasteiger partial charge is 0.400 e. The minimum absolute atomic E-state index is 0.114. The third-order valence-electron chi connectivity index (χ3n) is 1.30. The van der Waals surface area contributed by atoms with Crippen molar-refractivity contribution in [3.05, 3.63) is 11.9 Å². The van der Waals surface area contributed by atoms with Crippen LogP contribution in [0.1, 0.15) is 13.3 Å². The van der Waals surface area contributed by atoms with Crippen LogP contribution in [0.25, 0.3) is 0 Å². The molecule has 3 N–H and O–H groups in total. The highest BCUT2D eigenvalue weighted by Gasteiger charge is 2.16. The molecule has 1 heterocycles. The second-order valence-electron chi connectivity index (χ2n) is 2.16. The summed E-state index contributed by atoms with van der Waals surface area (Å²) >= 11 is 0. The maximum atomic E-state index is 10.8. The van der Waals surface area contributed by atoms with Crippen LogP contribution in [0.4, 0.5) is 0 Å². The molecule has 0 amide bonds. The lowest BCUT2D eigenvalue weighted by Crippen LogP contribution is -2.36. The first kappa shape index (κ1) is 6.13. The number of rotatable bonds is 0. The van der Waals surface area contributed by atoms with E-state index in [4.69, 9.17) is 5.73 Å². The Labute approximate surface area is 53.9 Å². The smallest absolute Gasteiger partial charge is 0.160 e. The normalized spacial score (nSPS) is 27.0. The summed E-state index contributed by atoms with van der Waals surface area (Å²) in [4.78, 5) is 10.8. The third-order valence-corrected chi connectivity index (χ3v) is 1.30. The Hall–Kier alpha value is -0.990. The van der Waals surface area contributed by atoms with E-state index in [-0.39, 0.29) is 11.8 Å². The van der Waals surface area contributed by atoms with Gasteiger partial charge >= 0.3 is 0 Å². The molecular formula is C6H9N2O. The molecule has 0 aromatic heterocycles. The fourth-order valence-electron chi connectivity index (χ4n) is 0.666. The van der Waals surface area contributed by atoms with Gasteiger partial charge in [-0.15, -0.1) is 0 Å². The summed E-state index contributed by atoms with van der Waals surface area (Å²) in [6, 6.07) is -0.114. The van der Waals surface area contributed by atoms with Gasteiger partial charge in [0.25, 0.3) is 0 Å². The molecule has 1 aliphatic rings. The van der Waals surface area contributed by atoms with Crippen molar-refractivity contribution in [3.8, 4) is 0 Å². The number of allylic oxidation sites excluding steroid dienone is 1. The fourth-order valence-corrected chi connectivity index (χ4v) is 0.666. The molecule has 49 valence electrons. The number of carbonyl (C=O) groups excluding carboxylic acids is 1. The second-order valence-corrected chi connectivity index (χ2v) is 2.16. The molecule has 1 rings (SSSR count). The molecule has 0 spiro atoms. The summed E-state index contributed by atoms with van der Waals surface area (Å²) in [5, 5.41) is 2.72. The molecule has 0 aliphatic carbocycles. The van der Waals surface area contributed by atoms with E-state index in [1.54, 1.807) is 6.92 Å². The van der Waals surface area contributed by atoms with Gasteiger partial charge in [0.15, 0.2) is 5.78 Å². The number of hydrogen-bond acceptors (Lipinski definition) is 3. The molecule has 9 heavy (non-hydrogen) atoms. The van der Waals surface area contributed by atoms with E-state index >= 15 is 0 Å². The molecule has 3 heteroatoms. The quantitative estimate of drug-likeness (QED) is 0.460. The van der Waals surface area contributed by atoms with Crippen molar-refractivity contribution in [1.29, 1.82) is 0 Å². The van der Waals surface area contributed by atoms with Crippen LogP contribution in [0.5, 0.6) is 0 Å². The molecule has 0 fully saturated rings. The van der Waals surface area contributed by atoms with Crippen LogP contribution in [-0.4, -0.2) is 11.8 Å². The summed E-state index contributed by atoms with van der Waals surface area (Å²) < 4.78 is 0. The molecule has 0 saturated heterocycles. The van der Waals surface area contributed by atoms with Crippen LogP contribution < -0.4 is 11.1 Å². The van der Waals surface area contributed by atoms with Crippen molar-refractivity contribution in [1.82, 2.24) is 5.32 Å². The maximum Gasteiger partial charge on any atom is 0.160 e. The first-order chi connectivity index (χ1) is 4.20. The predicted octanol–water partition coefficient (Wildman–Crippen LogP) is -0.459. The Kier molecular flexibility index (Phi) is 1.42. The molecule has 3 nitrogen and oxygen atoms in total. The van der Waals surface area contributed by atoms with Gasteiger partial charge in [0, 0.05) is 5.70 Å². The number of carbonyl (C=O) groups is 1. The molecule has 1 aliphatic heterocycles. The monoisotopic (exact) mass is 125 g/mol. The Bertz CT molecular complexity index is 162. The maximum absolute atomic E-state index is 10.8. The zero-order chi connectivity index (χ0) is 6.85. The van der Waals surface area contributed by atoms with Gasteiger partial charge in [0.2, 0.25) is 0 Å². The van der Waals surface area contributed by atoms with Gasteiger partial charge in [0.1, 0.15) is 0 Å². The first-order valence-corrected chi connectivity index (χ1v) is 2.85. The molecule has 0 aromatic rings. The molecular weight excluding hydrogens is 116 g/mol. The highest BCUT2D eigenvalue weighted by atomic mass is 16.1. The lowest BCUT2D eigenvalue weighted by atomic mass is 10.1. The van der Waals surface area contributed by atoms with Crippen molar-refractivity contribution in [2.75, 3.05) is 0 Å². The van der Waals surface area contributed by atoms with Gasteiger partial charge in [-0.25, -0.2) is 0 Å². The van der Waals surface area contributed by atoms with E-state index in [9.17, 15) is 4.79 Å². The number of hydrogen-bond donors (Lipinski definition) is 2. The summed E-state index contributed by atoms with van der Waals surface area (Å²) in [7, 11) is 0. The van der Waals surface area contributed by atoms with Gasteiger partial charge in [-0.3, -0.25) is 4.79 Å². The van der Waals surface area contributed by atoms with E-state index in [0.717, 1.165) is 0 Å². The fraction of sp³-hybridized carbons (Fsp3) is 0.500. The topological polar surface area (TPSA) is 55.1 Å². The Morgan fingerprint density at radius 3 is 3.00 bits per heavy atom. The Morgan fingerprint density at radius 2 is 2.56 bits per heavy atom. The van der Waals surface area contributed by atoms with Gasteiger partial charge in [-0.2, -0.15) is 0 Å². The molecule has 0 aromatic carbocycles. The van der Waals surface area contributed by atoms with Crippen molar-refractivity contribution in [2.24, 2.45) is 5.73 Å². The summed E-state index contributed by atoms with van der Waals surface area (Å²) in [5.74, 6) is 0.131. The van der Waals surface area contributed by atoms with Gasteiger partial charge < -0.3 is 11.1 Å². The minimum atomic E-state index is -0.114. The van der Waals surface area contributed by atoms with Gasteiger partial charge in [-0.05, 0) is 6.92 Å². The average molecular weight is 125 g/mol.